The summed E-state index contributed by atoms with van der Waals surface area (Å²) in [4.78, 5) is 0. The van der Waals surface area contributed by atoms with Gasteiger partial charge >= 0.3 is 0 Å². The van der Waals surface area contributed by atoms with Gasteiger partial charge in [0.25, 0.3) is 0 Å². The van der Waals surface area contributed by atoms with Crippen LogP contribution in [0.4, 0.5) is 0 Å². The first kappa shape index (κ1) is 15.3. The number of ether oxygens (including phenoxy) is 1. The number of rotatable bonds is 6. The molecule has 0 bridgehead atoms. The van der Waals surface area contributed by atoms with Crippen molar-refractivity contribution >= 4 is 9.84 Å². The number of sulfone groups is 1. The van der Waals surface area contributed by atoms with Crippen LogP contribution in [0.3, 0.4) is 0 Å². The molecule has 2 rings (SSSR count). The summed E-state index contributed by atoms with van der Waals surface area (Å²) in [5.41, 5.74) is 0. The van der Waals surface area contributed by atoms with E-state index in [-0.39, 0.29) is 23.1 Å². The first-order valence-electron chi connectivity index (χ1n) is 7.61. The maximum absolute atomic E-state index is 12.6. The van der Waals surface area contributed by atoms with Gasteiger partial charge in [0.05, 0.1) is 17.1 Å². The third-order valence-corrected chi connectivity index (χ3v) is 6.98. The maximum Gasteiger partial charge on any atom is 0.157 e. The number of hydrogen-bond acceptors (Lipinski definition) is 4. The van der Waals surface area contributed by atoms with Crippen molar-refractivity contribution in [3.8, 4) is 0 Å². The molecule has 4 nitrogen and oxygen atoms in total. The lowest BCUT2D eigenvalue weighted by Gasteiger charge is -2.26. The molecular weight excluding hydrogens is 262 g/mol. The van der Waals surface area contributed by atoms with Crippen LogP contribution < -0.4 is 5.32 Å². The Morgan fingerprint density at radius 1 is 1.26 bits per heavy atom. The molecule has 0 aromatic rings. The van der Waals surface area contributed by atoms with E-state index in [9.17, 15) is 8.42 Å². The third kappa shape index (κ3) is 3.70. The van der Waals surface area contributed by atoms with Gasteiger partial charge in [-0.25, -0.2) is 8.42 Å². The summed E-state index contributed by atoms with van der Waals surface area (Å²) in [5.74, 6) is 0.816. The lowest BCUT2D eigenvalue weighted by atomic mass is 10.00. The van der Waals surface area contributed by atoms with E-state index in [0.717, 1.165) is 6.54 Å². The fourth-order valence-electron chi connectivity index (χ4n) is 3.54. The Bertz CT molecular complexity index is 376. The minimum atomic E-state index is -3.06. The van der Waals surface area contributed by atoms with Crippen LogP contribution in [0.1, 0.15) is 46.0 Å². The van der Waals surface area contributed by atoms with Crippen LogP contribution in [0, 0.1) is 5.92 Å². The first-order valence-corrected chi connectivity index (χ1v) is 9.32. The monoisotopic (exact) mass is 289 g/mol. The molecule has 0 aromatic heterocycles. The van der Waals surface area contributed by atoms with E-state index in [2.05, 4.69) is 12.2 Å². The molecule has 0 spiro atoms. The molecule has 1 saturated carbocycles. The van der Waals surface area contributed by atoms with Crippen molar-refractivity contribution in [1.29, 1.82) is 0 Å². The van der Waals surface area contributed by atoms with Gasteiger partial charge in [-0.3, -0.25) is 0 Å². The summed E-state index contributed by atoms with van der Waals surface area (Å²) in [6.07, 6.45) is 5.35. The molecule has 1 aliphatic carbocycles. The van der Waals surface area contributed by atoms with Gasteiger partial charge in [-0.1, -0.05) is 19.8 Å². The Labute approximate surface area is 117 Å². The molecule has 112 valence electrons. The summed E-state index contributed by atoms with van der Waals surface area (Å²) in [5, 5.41) is 3.10. The summed E-state index contributed by atoms with van der Waals surface area (Å²) >= 11 is 0. The Hall–Kier alpha value is -0.130. The van der Waals surface area contributed by atoms with Crippen molar-refractivity contribution in [2.45, 2.75) is 63.3 Å². The van der Waals surface area contributed by atoms with Crippen molar-refractivity contribution in [3.05, 3.63) is 0 Å². The Morgan fingerprint density at radius 3 is 2.47 bits per heavy atom. The van der Waals surface area contributed by atoms with Gasteiger partial charge in [0, 0.05) is 12.6 Å². The quantitative estimate of drug-likeness (QED) is 0.809. The van der Waals surface area contributed by atoms with Gasteiger partial charge in [0.15, 0.2) is 9.84 Å². The molecule has 3 atom stereocenters. The lowest BCUT2D eigenvalue weighted by Crippen LogP contribution is -2.44. The van der Waals surface area contributed by atoms with Crippen molar-refractivity contribution in [1.82, 2.24) is 5.32 Å². The summed E-state index contributed by atoms with van der Waals surface area (Å²) < 4.78 is 30.5. The zero-order chi connectivity index (χ0) is 13.9. The fourth-order valence-corrected chi connectivity index (χ4v) is 5.80. The third-order valence-electron chi connectivity index (χ3n) is 4.61. The number of hydrogen-bond donors (Lipinski definition) is 1. The molecular formula is C14H27NO3S. The standard InChI is InChI=1S/C14H27NO3S/c1-3-15-13(12-6-4-5-7-12)10-19(16,17)14-8-9-18-11(14)2/h11-15H,3-10H2,1-2H3. The fraction of sp³-hybridized carbons (Fsp3) is 1.00. The van der Waals surface area contributed by atoms with E-state index in [1.807, 2.05) is 6.92 Å². The zero-order valence-corrected chi connectivity index (χ0v) is 12.9. The van der Waals surface area contributed by atoms with E-state index in [1.165, 1.54) is 25.7 Å². The van der Waals surface area contributed by atoms with Crippen molar-refractivity contribution < 1.29 is 13.2 Å². The van der Waals surface area contributed by atoms with E-state index in [1.54, 1.807) is 0 Å². The van der Waals surface area contributed by atoms with Gasteiger partial charge in [-0.2, -0.15) is 0 Å². The smallest absolute Gasteiger partial charge is 0.157 e. The molecule has 1 aliphatic heterocycles. The molecule has 19 heavy (non-hydrogen) atoms. The molecule has 3 unspecified atom stereocenters. The average Bonchev–Trinajstić information content (AvgIpc) is 2.98. The topological polar surface area (TPSA) is 55.4 Å². The minimum absolute atomic E-state index is 0.130. The molecule has 0 amide bonds. The van der Waals surface area contributed by atoms with Gasteiger partial charge in [0.1, 0.15) is 0 Å². The average molecular weight is 289 g/mol. The second-order valence-corrected chi connectivity index (χ2v) is 8.21. The SMILES string of the molecule is CCNC(CS(=O)(=O)C1CCOC1C)C1CCCC1. The van der Waals surface area contributed by atoms with Gasteiger partial charge in [-0.15, -0.1) is 0 Å². The van der Waals surface area contributed by atoms with Crippen molar-refractivity contribution in [3.63, 3.8) is 0 Å². The van der Waals surface area contributed by atoms with Gasteiger partial charge < -0.3 is 10.1 Å². The number of nitrogens with one attached hydrogen (secondary N) is 1. The molecule has 2 aliphatic rings. The largest absolute Gasteiger partial charge is 0.377 e. The summed E-state index contributed by atoms with van der Waals surface area (Å²) in [6, 6.07) is 0.130. The van der Waals surface area contributed by atoms with Crippen LogP contribution in [0.15, 0.2) is 0 Å². The highest BCUT2D eigenvalue weighted by atomic mass is 32.2. The Morgan fingerprint density at radius 2 is 1.95 bits per heavy atom. The molecule has 1 N–H and O–H groups in total. The highest BCUT2D eigenvalue weighted by Crippen LogP contribution is 2.30. The minimum Gasteiger partial charge on any atom is -0.377 e. The second kappa shape index (κ2) is 6.55. The molecule has 2 fully saturated rings. The normalized spacial score (nSPS) is 30.8. The van der Waals surface area contributed by atoms with Crippen LogP contribution in [-0.2, 0) is 14.6 Å². The predicted octanol–water partition coefficient (Wildman–Crippen LogP) is 1.75. The lowest BCUT2D eigenvalue weighted by molar-refractivity contribution is 0.126. The molecule has 5 heteroatoms. The predicted molar refractivity (Wildman–Crippen MR) is 77.0 cm³/mol. The maximum atomic E-state index is 12.6. The van der Waals surface area contributed by atoms with Crippen molar-refractivity contribution in [2.24, 2.45) is 5.92 Å². The van der Waals surface area contributed by atoms with Crippen molar-refractivity contribution in [2.75, 3.05) is 18.9 Å². The second-order valence-electron chi connectivity index (χ2n) is 5.94. The van der Waals surface area contributed by atoms with E-state index in [0.29, 0.717) is 18.9 Å². The highest BCUT2D eigenvalue weighted by Gasteiger charge is 2.38. The van der Waals surface area contributed by atoms with E-state index < -0.39 is 9.84 Å². The van der Waals surface area contributed by atoms with Crippen LogP contribution in [0.5, 0.6) is 0 Å². The first-order chi connectivity index (χ1) is 9.04. The summed E-state index contributed by atoms with van der Waals surface area (Å²) in [7, 11) is -3.06. The van der Waals surface area contributed by atoms with E-state index >= 15 is 0 Å². The van der Waals surface area contributed by atoms with Crippen LogP contribution in [0.25, 0.3) is 0 Å². The van der Waals surface area contributed by atoms with Crippen LogP contribution >= 0.6 is 0 Å². The van der Waals surface area contributed by atoms with Crippen LogP contribution in [0.2, 0.25) is 0 Å². The Kier molecular flexibility index (Phi) is 5.26. The molecule has 0 radical (unpaired) electrons. The summed E-state index contributed by atoms with van der Waals surface area (Å²) in [6.45, 7) is 5.36. The zero-order valence-electron chi connectivity index (χ0n) is 12.1. The highest BCUT2D eigenvalue weighted by molar-refractivity contribution is 7.92. The van der Waals surface area contributed by atoms with Gasteiger partial charge in [0.2, 0.25) is 0 Å². The van der Waals surface area contributed by atoms with E-state index in [4.69, 9.17) is 4.74 Å². The Balaban J connectivity index is 2.02. The molecule has 0 aromatic carbocycles. The van der Waals surface area contributed by atoms with Crippen LogP contribution in [-0.4, -0.2) is 44.7 Å². The molecule has 1 heterocycles. The van der Waals surface area contributed by atoms with Gasteiger partial charge in [-0.05, 0) is 38.6 Å². The molecule has 1 saturated heterocycles.